The molecular weight excluding hydrogens is 541 g/mol. The number of hydrogen-bond acceptors (Lipinski definition) is 7. The van der Waals surface area contributed by atoms with Crippen molar-refractivity contribution < 1.29 is 22.8 Å². The molecule has 1 fully saturated rings. The minimum Gasteiger partial charge on any atom is -0.361 e. The van der Waals surface area contributed by atoms with Crippen LogP contribution < -0.4 is 16.1 Å². The van der Waals surface area contributed by atoms with Gasteiger partial charge in [0.1, 0.15) is 0 Å². The van der Waals surface area contributed by atoms with Crippen LogP contribution in [0.1, 0.15) is 6.92 Å². The lowest BCUT2D eigenvalue weighted by Gasteiger charge is -2.34. The molecule has 3 heterocycles. The van der Waals surface area contributed by atoms with E-state index in [-0.39, 0.29) is 43.9 Å². The molecule has 0 unspecified atom stereocenters. The van der Waals surface area contributed by atoms with Gasteiger partial charge >= 0.3 is 17.8 Å². The van der Waals surface area contributed by atoms with E-state index in [1.807, 2.05) is 42.5 Å². The molecule has 1 saturated heterocycles. The van der Waals surface area contributed by atoms with Gasteiger partial charge in [0, 0.05) is 20.1 Å². The summed E-state index contributed by atoms with van der Waals surface area (Å²) in [4.78, 5) is 48.9. The Kier molecular flexibility index (Phi) is 7.42. The third kappa shape index (κ3) is 5.33. The van der Waals surface area contributed by atoms with Gasteiger partial charge in [0.05, 0.1) is 25.3 Å². The molecule has 2 aromatic heterocycles. The smallest absolute Gasteiger partial charge is 0.361 e. The van der Waals surface area contributed by atoms with E-state index in [1.165, 1.54) is 11.6 Å². The van der Waals surface area contributed by atoms with Crippen LogP contribution in [0.4, 0.5) is 19.1 Å². The second kappa shape index (κ2) is 11.0. The molecule has 0 spiro atoms. The molecule has 5 rings (SSSR count). The van der Waals surface area contributed by atoms with Crippen molar-refractivity contribution in [1.82, 2.24) is 23.7 Å². The first-order valence-electron chi connectivity index (χ1n) is 12.7. The maximum Gasteiger partial charge on any atom is 0.492 e. The molecule has 0 atom stereocenters. The number of halogens is 3. The van der Waals surface area contributed by atoms with E-state index < -0.39 is 23.4 Å². The number of hydroxylamine groups is 2. The third-order valence-electron chi connectivity index (χ3n) is 6.74. The van der Waals surface area contributed by atoms with E-state index in [2.05, 4.69) is 16.7 Å². The summed E-state index contributed by atoms with van der Waals surface area (Å²) in [5.41, 5.74) is 1.58. The lowest BCUT2D eigenvalue weighted by molar-refractivity contribution is -0.239. The number of fused-ring (bicyclic) bond motifs is 1. The average Bonchev–Trinajstić information content (AvgIpc) is 3.34. The molecule has 0 amide bonds. The van der Waals surface area contributed by atoms with Gasteiger partial charge in [0.2, 0.25) is 5.95 Å². The van der Waals surface area contributed by atoms with Crippen LogP contribution in [0.25, 0.3) is 28.0 Å². The zero-order valence-electron chi connectivity index (χ0n) is 22.2. The van der Waals surface area contributed by atoms with Gasteiger partial charge in [0.15, 0.2) is 11.2 Å². The Labute approximate surface area is 231 Å². The second-order valence-corrected chi connectivity index (χ2v) is 9.28. The molecule has 13 heteroatoms. The quantitative estimate of drug-likeness (QED) is 0.343. The highest BCUT2D eigenvalue weighted by atomic mass is 19.4. The van der Waals surface area contributed by atoms with Crippen molar-refractivity contribution in [1.29, 1.82) is 0 Å². The number of alkyl halides is 3. The normalized spacial score (nSPS) is 14.1. The number of aromatic nitrogens is 4. The summed E-state index contributed by atoms with van der Waals surface area (Å²) in [7, 11) is 1.38. The average molecular weight is 567 g/mol. The standard InChI is InChI=1S/C28H25F3N6O4/c1-3-4-14-36-22-23(32-26(36)34-15-17-35(18-16-34)41-25(39)28(29,30)31)37(27(40)33(2)24(22)38)21-12-10-20(11-13-21)19-8-6-5-7-9-19/h5-13H,14-18H2,1-2H3. The van der Waals surface area contributed by atoms with Gasteiger partial charge in [-0.3, -0.25) is 13.9 Å². The fourth-order valence-electron chi connectivity index (χ4n) is 4.65. The molecule has 1 aliphatic heterocycles. The number of piperazine rings is 1. The Bertz CT molecular complexity index is 1770. The molecule has 0 saturated carbocycles. The van der Waals surface area contributed by atoms with Gasteiger partial charge < -0.3 is 9.74 Å². The number of hydrogen-bond donors (Lipinski definition) is 0. The highest BCUT2D eigenvalue weighted by Crippen LogP contribution is 2.25. The Balaban J connectivity index is 1.57. The first kappa shape index (κ1) is 27.7. The van der Waals surface area contributed by atoms with Gasteiger partial charge in [-0.1, -0.05) is 48.4 Å². The molecule has 4 aromatic rings. The molecule has 41 heavy (non-hydrogen) atoms. The van der Waals surface area contributed by atoms with Gasteiger partial charge in [-0.05, 0) is 30.2 Å². The summed E-state index contributed by atoms with van der Waals surface area (Å²) in [6.07, 6.45) is -5.10. The van der Waals surface area contributed by atoms with Crippen molar-refractivity contribution in [3.63, 3.8) is 0 Å². The van der Waals surface area contributed by atoms with Crippen molar-refractivity contribution in [3.05, 3.63) is 75.4 Å². The maximum absolute atomic E-state index is 13.4. The summed E-state index contributed by atoms with van der Waals surface area (Å²) >= 11 is 0. The predicted molar refractivity (Wildman–Crippen MR) is 145 cm³/mol. The third-order valence-corrected chi connectivity index (χ3v) is 6.74. The first-order valence-corrected chi connectivity index (χ1v) is 12.7. The van der Waals surface area contributed by atoms with Crippen LogP contribution in [-0.4, -0.2) is 62.1 Å². The molecule has 10 nitrogen and oxygen atoms in total. The molecule has 0 bridgehead atoms. The number of imidazole rings is 1. The van der Waals surface area contributed by atoms with Crippen LogP contribution in [0.3, 0.4) is 0 Å². The zero-order chi connectivity index (χ0) is 29.3. The molecule has 212 valence electrons. The number of carbonyl (C=O) groups is 1. The highest BCUT2D eigenvalue weighted by molar-refractivity contribution is 5.77. The topological polar surface area (TPSA) is 94.6 Å². The highest BCUT2D eigenvalue weighted by Gasteiger charge is 2.43. The van der Waals surface area contributed by atoms with E-state index in [0.29, 0.717) is 11.6 Å². The number of nitrogens with zero attached hydrogens (tertiary/aromatic N) is 6. The zero-order valence-corrected chi connectivity index (χ0v) is 22.2. The Morgan fingerprint density at radius 1 is 0.976 bits per heavy atom. The fourth-order valence-corrected chi connectivity index (χ4v) is 4.65. The van der Waals surface area contributed by atoms with Gasteiger partial charge in [-0.15, -0.1) is 11.0 Å². The summed E-state index contributed by atoms with van der Waals surface area (Å²) in [6, 6.07) is 17.0. The Hall–Kier alpha value is -4.83. The van der Waals surface area contributed by atoms with Gasteiger partial charge in [-0.25, -0.2) is 14.2 Å². The SMILES string of the molecule is CC#CCn1c(N2CCN(OC(=O)C(F)(F)F)CC2)nc2c1c(=O)n(C)c(=O)n2-c1ccc(-c2ccccc2)cc1. The lowest BCUT2D eigenvalue weighted by atomic mass is 10.1. The Morgan fingerprint density at radius 3 is 2.22 bits per heavy atom. The number of rotatable bonds is 5. The van der Waals surface area contributed by atoms with Crippen LogP contribution in [-0.2, 0) is 23.2 Å². The van der Waals surface area contributed by atoms with Crippen LogP contribution in [0.2, 0.25) is 0 Å². The minimum absolute atomic E-state index is 0.0315. The van der Waals surface area contributed by atoms with Crippen molar-refractivity contribution in [2.45, 2.75) is 19.6 Å². The second-order valence-electron chi connectivity index (χ2n) is 9.28. The fraction of sp³-hybridized carbons (Fsp3) is 0.286. The first-order chi connectivity index (χ1) is 19.6. The number of benzene rings is 2. The largest absolute Gasteiger partial charge is 0.492 e. The molecule has 2 aromatic carbocycles. The van der Waals surface area contributed by atoms with Crippen LogP contribution in [0, 0.1) is 11.8 Å². The Morgan fingerprint density at radius 2 is 1.61 bits per heavy atom. The van der Waals surface area contributed by atoms with E-state index in [9.17, 15) is 27.6 Å². The van der Waals surface area contributed by atoms with Crippen molar-refractivity contribution in [2.75, 3.05) is 31.1 Å². The minimum atomic E-state index is -5.10. The van der Waals surface area contributed by atoms with E-state index in [1.54, 1.807) is 28.5 Å². The van der Waals surface area contributed by atoms with Crippen LogP contribution in [0.15, 0.2) is 64.2 Å². The molecule has 0 radical (unpaired) electrons. The summed E-state index contributed by atoms with van der Waals surface area (Å²) in [6.45, 7) is 1.96. The monoisotopic (exact) mass is 566 g/mol. The molecule has 0 N–H and O–H groups in total. The van der Waals surface area contributed by atoms with Crippen LogP contribution >= 0.6 is 0 Å². The van der Waals surface area contributed by atoms with Gasteiger partial charge in [0.25, 0.3) is 5.56 Å². The summed E-state index contributed by atoms with van der Waals surface area (Å²) < 4.78 is 41.8. The van der Waals surface area contributed by atoms with Crippen molar-refractivity contribution in [3.8, 4) is 28.7 Å². The summed E-state index contributed by atoms with van der Waals surface area (Å²) in [5, 5.41) is 0.939. The molecule has 0 aliphatic carbocycles. The lowest BCUT2D eigenvalue weighted by Crippen LogP contribution is -2.49. The van der Waals surface area contributed by atoms with Crippen LogP contribution in [0.5, 0.6) is 0 Å². The molecule has 1 aliphatic rings. The van der Waals surface area contributed by atoms with E-state index in [0.717, 1.165) is 20.8 Å². The van der Waals surface area contributed by atoms with Crippen molar-refractivity contribution >= 4 is 23.1 Å². The molecular formula is C28H25F3N6O4. The number of carbonyl (C=O) groups excluding carboxylic acids is 1. The van der Waals surface area contributed by atoms with Gasteiger partial charge in [-0.2, -0.15) is 18.2 Å². The number of anilines is 1. The van der Waals surface area contributed by atoms with E-state index in [4.69, 9.17) is 4.98 Å². The summed E-state index contributed by atoms with van der Waals surface area (Å²) in [5.74, 6) is 3.75. The maximum atomic E-state index is 13.4. The predicted octanol–water partition coefficient (Wildman–Crippen LogP) is 2.72. The van der Waals surface area contributed by atoms with E-state index >= 15 is 0 Å². The van der Waals surface area contributed by atoms with Crippen molar-refractivity contribution in [2.24, 2.45) is 7.05 Å².